The second-order valence-corrected chi connectivity index (χ2v) is 7.39. The summed E-state index contributed by atoms with van der Waals surface area (Å²) in [5.41, 5.74) is 3.26. The molecule has 10 heteroatoms. The molecule has 4 rings (SSSR count). The van der Waals surface area contributed by atoms with Crippen LogP contribution in [0.5, 0.6) is 0 Å². The van der Waals surface area contributed by atoms with Crippen molar-refractivity contribution in [3.05, 3.63) is 83.3 Å². The Kier molecular flexibility index (Phi) is 5.93. The highest BCUT2D eigenvalue weighted by Gasteiger charge is 2.30. The number of aromatic nitrogens is 3. The zero-order valence-corrected chi connectivity index (χ0v) is 17.8. The first-order chi connectivity index (χ1) is 15.7. The molecule has 0 aliphatic carbocycles. The first kappa shape index (κ1) is 22.2. The fraction of sp³-hybridized carbons (Fsp3) is 0.130. The van der Waals surface area contributed by atoms with Crippen molar-refractivity contribution in [2.24, 2.45) is 10.9 Å². The van der Waals surface area contributed by atoms with Gasteiger partial charge in [-0.25, -0.2) is 15.8 Å². The lowest BCUT2D eigenvalue weighted by Crippen LogP contribution is -2.27. The van der Waals surface area contributed by atoms with Crippen LogP contribution in [-0.4, -0.2) is 21.2 Å². The smallest absolute Gasteiger partial charge is 0.354 e. The number of hydrazine groups is 1. The molecule has 0 aliphatic rings. The molecular weight excluding hydrogens is 431 g/mol. The van der Waals surface area contributed by atoms with Crippen molar-refractivity contribution >= 4 is 34.4 Å². The highest BCUT2D eigenvalue weighted by Crippen LogP contribution is 2.31. The molecule has 7 nitrogen and oxygen atoms in total. The number of benzene rings is 2. The molecule has 0 saturated carbocycles. The molecule has 2 heterocycles. The van der Waals surface area contributed by atoms with E-state index in [1.54, 1.807) is 18.2 Å². The van der Waals surface area contributed by atoms with Crippen molar-refractivity contribution < 1.29 is 13.2 Å². The standard InChI is InChI=1S/C23H20F3N7/c1-14-6-9-21-20(10-14)15(2)30-22(32-21)33(27)29-13-18-7-8-19(12-28-18)31-17-5-3-4-16(11-17)23(24,25)26/h3-13,31H,27H2,1-2H3/b29-13+. The van der Waals surface area contributed by atoms with E-state index in [2.05, 4.69) is 25.4 Å². The molecule has 168 valence electrons. The van der Waals surface area contributed by atoms with E-state index in [1.807, 2.05) is 32.0 Å². The number of nitrogens with zero attached hydrogens (tertiary/aromatic N) is 5. The number of nitrogens with one attached hydrogen (secondary N) is 1. The number of fused-ring (bicyclic) bond motifs is 1. The highest BCUT2D eigenvalue weighted by atomic mass is 19.4. The van der Waals surface area contributed by atoms with Crippen LogP contribution in [0.2, 0.25) is 0 Å². The number of aryl methyl sites for hydroxylation is 2. The summed E-state index contributed by atoms with van der Waals surface area (Å²) in [6.45, 7) is 3.88. The number of rotatable bonds is 5. The average Bonchev–Trinajstić information content (AvgIpc) is 2.78. The molecule has 0 aliphatic heterocycles. The molecule has 0 unspecified atom stereocenters. The van der Waals surface area contributed by atoms with Gasteiger partial charge in [0.15, 0.2) is 0 Å². The number of pyridine rings is 1. The Hall–Kier alpha value is -4.05. The van der Waals surface area contributed by atoms with Gasteiger partial charge in [0.05, 0.1) is 40.6 Å². The van der Waals surface area contributed by atoms with Crippen LogP contribution in [0.3, 0.4) is 0 Å². The second-order valence-electron chi connectivity index (χ2n) is 7.39. The third-order valence-electron chi connectivity index (χ3n) is 4.81. The Bertz CT molecular complexity index is 1320. The van der Waals surface area contributed by atoms with Crippen LogP contribution < -0.4 is 16.3 Å². The van der Waals surface area contributed by atoms with Crippen molar-refractivity contribution in [1.29, 1.82) is 0 Å². The number of alkyl halides is 3. The SMILES string of the molecule is Cc1ccc2nc(N(N)/N=C/c3ccc(Nc4cccc(C(F)(F)F)c4)cn3)nc(C)c2c1. The molecule has 4 aromatic rings. The molecule has 2 aromatic carbocycles. The van der Waals surface area contributed by atoms with Crippen LogP contribution in [0, 0.1) is 13.8 Å². The molecule has 0 fully saturated rings. The maximum Gasteiger partial charge on any atom is 0.416 e. The second kappa shape index (κ2) is 8.83. The molecule has 0 atom stereocenters. The molecule has 0 spiro atoms. The van der Waals surface area contributed by atoms with Gasteiger partial charge in [0.25, 0.3) is 5.95 Å². The van der Waals surface area contributed by atoms with Gasteiger partial charge in [-0.15, -0.1) is 0 Å². The molecule has 0 saturated heterocycles. The zero-order chi connectivity index (χ0) is 23.6. The molecule has 3 N–H and O–H groups in total. The van der Waals surface area contributed by atoms with Crippen LogP contribution in [0.1, 0.15) is 22.5 Å². The van der Waals surface area contributed by atoms with Crippen LogP contribution in [0.15, 0.2) is 65.9 Å². The molecule has 0 radical (unpaired) electrons. The third-order valence-corrected chi connectivity index (χ3v) is 4.81. The zero-order valence-electron chi connectivity index (χ0n) is 17.8. The van der Waals surface area contributed by atoms with Crippen molar-refractivity contribution in [3.8, 4) is 0 Å². The van der Waals surface area contributed by atoms with Gasteiger partial charge in [-0.2, -0.15) is 23.4 Å². The first-order valence-corrected chi connectivity index (χ1v) is 9.93. The molecule has 0 amide bonds. The number of hydrazone groups is 1. The van der Waals surface area contributed by atoms with Gasteiger partial charge in [-0.05, 0) is 56.3 Å². The van der Waals surface area contributed by atoms with Crippen LogP contribution in [0.25, 0.3) is 10.9 Å². The average molecular weight is 451 g/mol. The Labute approximate surface area is 187 Å². The van der Waals surface area contributed by atoms with Crippen LogP contribution >= 0.6 is 0 Å². The summed E-state index contributed by atoms with van der Waals surface area (Å²) in [7, 11) is 0. The van der Waals surface area contributed by atoms with E-state index in [0.29, 0.717) is 17.1 Å². The van der Waals surface area contributed by atoms with Crippen molar-refractivity contribution in [1.82, 2.24) is 15.0 Å². The van der Waals surface area contributed by atoms with Gasteiger partial charge in [-0.3, -0.25) is 4.98 Å². The maximum atomic E-state index is 12.9. The topological polar surface area (TPSA) is 92.3 Å². The number of hydrogen-bond donors (Lipinski definition) is 2. The lowest BCUT2D eigenvalue weighted by molar-refractivity contribution is -0.137. The molecule has 2 aromatic heterocycles. The minimum absolute atomic E-state index is 0.239. The van der Waals surface area contributed by atoms with E-state index in [-0.39, 0.29) is 5.95 Å². The van der Waals surface area contributed by atoms with Gasteiger partial charge >= 0.3 is 6.18 Å². The minimum atomic E-state index is -4.41. The van der Waals surface area contributed by atoms with Crippen molar-refractivity contribution in [2.45, 2.75) is 20.0 Å². The Morgan fingerprint density at radius 2 is 1.82 bits per heavy atom. The van der Waals surface area contributed by atoms with Gasteiger partial charge < -0.3 is 5.32 Å². The maximum absolute atomic E-state index is 12.9. The summed E-state index contributed by atoms with van der Waals surface area (Å²) in [5, 5.41) is 9.04. The number of hydrogen-bond acceptors (Lipinski definition) is 7. The number of anilines is 3. The van der Waals surface area contributed by atoms with E-state index in [1.165, 1.54) is 18.5 Å². The summed E-state index contributed by atoms with van der Waals surface area (Å²) >= 11 is 0. The van der Waals surface area contributed by atoms with Crippen LogP contribution in [-0.2, 0) is 6.18 Å². The molecular formula is C23H20F3N7. The summed E-state index contributed by atoms with van der Waals surface area (Å²) in [6, 6.07) is 14.1. The van der Waals surface area contributed by atoms with E-state index in [0.717, 1.165) is 39.4 Å². The molecule has 33 heavy (non-hydrogen) atoms. The minimum Gasteiger partial charge on any atom is -0.354 e. The Balaban J connectivity index is 1.46. The Morgan fingerprint density at radius 1 is 1.00 bits per heavy atom. The van der Waals surface area contributed by atoms with Gasteiger partial charge in [0.1, 0.15) is 0 Å². The highest BCUT2D eigenvalue weighted by molar-refractivity contribution is 5.83. The predicted octanol–water partition coefficient (Wildman–Crippen LogP) is 5.12. The number of nitrogens with two attached hydrogens (primary N) is 1. The summed E-state index contributed by atoms with van der Waals surface area (Å²) < 4.78 is 38.6. The third kappa shape index (κ3) is 5.24. The first-order valence-electron chi connectivity index (χ1n) is 9.93. The predicted molar refractivity (Wildman–Crippen MR) is 122 cm³/mol. The van der Waals surface area contributed by atoms with Crippen LogP contribution in [0.4, 0.5) is 30.5 Å². The lowest BCUT2D eigenvalue weighted by atomic mass is 10.1. The normalized spacial score (nSPS) is 11.8. The van der Waals surface area contributed by atoms with E-state index < -0.39 is 11.7 Å². The Morgan fingerprint density at radius 3 is 2.55 bits per heavy atom. The van der Waals surface area contributed by atoms with Crippen molar-refractivity contribution in [3.63, 3.8) is 0 Å². The summed E-state index contributed by atoms with van der Waals surface area (Å²) in [4.78, 5) is 13.1. The molecule has 0 bridgehead atoms. The van der Waals surface area contributed by atoms with Gasteiger partial charge in [0.2, 0.25) is 0 Å². The summed E-state index contributed by atoms with van der Waals surface area (Å²) in [5.74, 6) is 6.23. The van der Waals surface area contributed by atoms with E-state index in [4.69, 9.17) is 5.84 Å². The lowest BCUT2D eigenvalue weighted by Gasteiger charge is -2.12. The monoisotopic (exact) mass is 451 g/mol. The van der Waals surface area contributed by atoms with E-state index in [9.17, 15) is 13.2 Å². The number of halogens is 3. The van der Waals surface area contributed by atoms with Crippen molar-refractivity contribution in [2.75, 3.05) is 10.4 Å². The van der Waals surface area contributed by atoms with Gasteiger partial charge in [-0.1, -0.05) is 17.7 Å². The largest absolute Gasteiger partial charge is 0.416 e. The fourth-order valence-electron chi connectivity index (χ4n) is 3.15. The summed E-state index contributed by atoms with van der Waals surface area (Å²) in [6.07, 6.45) is -1.48. The van der Waals surface area contributed by atoms with Gasteiger partial charge in [0, 0.05) is 11.1 Å². The fourth-order valence-corrected chi connectivity index (χ4v) is 3.15. The quantitative estimate of drug-likeness (QED) is 0.249. The van der Waals surface area contributed by atoms with E-state index >= 15 is 0 Å².